The molecule has 1 atom stereocenters. The van der Waals surface area contributed by atoms with Gasteiger partial charge in [-0.05, 0) is 37.1 Å². The first kappa shape index (κ1) is 19.5. The van der Waals surface area contributed by atoms with Crippen molar-refractivity contribution in [2.24, 2.45) is 0 Å². The smallest absolute Gasteiger partial charge is 0.326 e. The SMILES string of the molecule is CCCCC(C(=O)O)N1C(=O)/C(=C/c2ccc(OCC)cc2)SC1=S. The minimum Gasteiger partial charge on any atom is -0.494 e. The maximum absolute atomic E-state index is 12.7. The molecule has 2 rings (SSSR count). The van der Waals surface area contributed by atoms with Crippen molar-refractivity contribution in [1.82, 2.24) is 4.90 Å². The van der Waals surface area contributed by atoms with E-state index in [9.17, 15) is 14.7 Å². The van der Waals surface area contributed by atoms with E-state index >= 15 is 0 Å². The molecule has 1 heterocycles. The van der Waals surface area contributed by atoms with Crippen molar-refractivity contribution < 1.29 is 19.4 Å². The fourth-order valence-electron chi connectivity index (χ4n) is 2.49. The zero-order valence-electron chi connectivity index (χ0n) is 14.2. The van der Waals surface area contributed by atoms with Gasteiger partial charge in [0.15, 0.2) is 0 Å². The highest BCUT2D eigenvalue weighted by Gasteiger charge is 2.40. The van der Waals surface area contributed by atoms with Crippen LogP contribution in [0.25, 0.3) is 6.08 Å². The number of aliphatic carboxylic acids is 1. The molecular weight excluding hydrogens is 358 g/mol. The predicted molar refractivity (Wildman–Crippen MR) is 104 cm³/mol. The third kappa shape index (κ3) is 4.83. The van der Waals surface area contributed by atoms with Gasteiger partial charge in [0, 0.05) is 0 Å². The number of nitrogens with zero attached hydrogens (tertiary/aromatic N) is 1. The van der Waals surface area contributed by atoms with Crippen LogP contribution in [-0.4, -0.2) is 38.9 Å². The summed E-state index contributed by atoms with van der Waals surface area (Å²) in [6.45, 7) is 4.48. The summed E-state index contributed by atoms with van der Waals surface area (Å²) in [5.74, 6) is -0.600. The van der Waals surface area contributed by atoms with E-state index < -0.39 is 12.0 Å². The first-order valence-electron chi connectivity index (χ1n) is 8.20. The number of unbranched alkanes of at least 4 members (excludes halogenated alkanes) is 1. The Kier molecular flexibility index (Phi) is 7.01. The maximum atomic E-state index is 12.7. The summed E-state index contributed by atoms with van der Waals surface area (Å²) in [4.78, 5) is 25.9. The van der Waals surface area contributed by atoms with Crippen LogP contribution < -0.4 is 4.74 Å². The van der Waals surface area contributed by atoms with Crippen LogP contribution in [0.15, 0.2) is 29.2 Å². The van der Waals surface area contributed by atoms with E-state index in [4.69, 9.17) is 17.0 Å². The van der Waals surface area contributed by atoms with Crippen LogP contribution in [0.4, 0.5) is 0 Å². The summed E-state index contributed by atoms with van der Waals surface area (Å²) in [5.41, 5.74) is 0.837. The highest BCUT2D eigenvalue weighted by Crippen LogP contribution is 2.35. The number of thiocarbonyl (C=S) groups is 1. The number of rotatable bonds is 8. The second kappa shape index (κ2) is 9.01. The molecule has 0 saturated carbocycles. The molecule has 1 fully saturated rings. The molecule has 7 heteroatoms. The summed E-state index contributed by atoms with van der Waals surface area (Å²) < 4.78 is 5.69. The number of thioether (sulfide) groups is 1. The Morgan fingerprint density at radius 2 is 2.04 bits per heavy atom. The molecule has 1 aromatic rings. The number of carbonyl (C=O) groups is 2. The number of carboxylic acids is 1. The summed E-state index contributed by atoms with van der Waals surface area (Å²) in [5, 5.41) is 9.46. The molecular formula is C18H21NO4S2. The molecule has 0 aromatic heterocycles. The molecule has 1 aromatic carbocycles. The lowest BCUT2D eigenvalue weighted by molar-refractivity contribution is -0.145. The Balaban J connectivity index is 2.20. The highest BCUT2D eigenvalue weighted by atomic mass is 32.2. The minimum absolute atomic E-state index is 0.297. The molecule has 0 radical (unpaired) electrons. The number of carboxylic acid groups (broad SMARTS) is 1. The van der Waals surface area contributed by atoms with Crippen molar-refractivity contribution in [1.29, 1.82) is 0 Å². The Labute approximate surface area is 157 Å². The number of amides is 1. The molecule has 0 aliphatic carbocycles. The molecule has 25 heavy (non-hydrogen) atoms. The summed E-state index contributed by atoms with van der Waals surface area (Å²) in [6.07, 6.45) is 3.72. The summed E-state index contributed by atoms with van der Waals surface area (Å²) >= 11 is 6.40. The average molecular weight is 380 g/mol. The molecule has 1 saturated heterocycles. The highest BCUT2D eigenvalue weighted by molar-refractivity contribution is 8.26. The molecule has 1 unspecified atom stereocenters. The van der Waals surface area contributed by atoms with Crippen molar-refractivity contribution >= 4 is 46.3 Å². The fraction of sp³-hybridized carbons (Fsp3) is 0.389. The van der Waals surface area contributed by atoms with Crippen molar-refractivity contribution in [3.05, 3.63) is 34.7 Å². The van der Waals surface area contributed by atoms with Gasteiger partial charge >= 0.3 is 5.97 Å². The molecule has 0 bridgehead atoms. The van der Waals surface area contributed by atoms with Crippen LogP contribution in [0.1, 0.15) is 38.7 Å². The van der Waals surface area contributed by atoms with E-state index in [-0.39, 0.29) is 5.91 Å². The van der Waals surface area contributed by atoms with Gasteiger partial charge in [0.25, 0.3) is 5.91 Å². The van der Waals surface area contributed by atoms with E-state index in [1.165, 1.54) is 4.90 Å². The van der Waals surface area contributed by atoms with Gasteiger partial charge in [0.1, 0.15) is 16.1 Å². The van der Waals surface area contributed by atoms with Crippen molar-refractivity contribution in [2.75, 3.05) is 6.61 Å². The van der Waals surface area contributed by atoms with Gasteiger partial charge in [-0.3, -0.25) is 9.69 Å². The van der Waals surface area contributed by atoms with Crippen LogP contribution in [0.2, 0.25) is 0 Å². The van der Waals surface area contributed by atoms with Gasteiger partial charge in [-0.2, -0.15) is 0 Å². The zero-order chi connectivity index (χ0) is 18.4. The first-order chi connectivity index (χ1) is 12.0. The summed E-state index contributed by atoms with van der Waals surface area (Å²) in [7, 11) is 0. The number of benzene rings is 1. The lowest BCUT2D eigenvalue weighted by Crippen LogP contribution is -2.43. The van der Waals surface area contributed by atoms with Crippen LogP contribution in [-0.2, 0) is 9.59 Å². The zero-order valence-corrected chi connectivity index (χ0v) is 15.9. The van der Waals surface area contributed by atoms with Gasteiger partial charge in [0.05, 0.1) is 11.5 Å². The van der Waals surface area contributed by atoms with Gasteiger partial charge in [0.2, 0.25) is 0 Å². The van der Waals surface area contributed by atoms with Gasteiger partial charge in [-0.25, -0.2) is 4.79 Å². The lowest BCUT2D eigenvalue weighted by Gasteiger charge is -2.22. The van der Waals surface area contributed by atoms with Crippen LogP contribution in [0, 0.1) is 0 Å². The fourth-order valence-corrected chi connectivity index (χ4v) is 3.84. The molecule has 134 valence electrons. The molecule has 0 spiro atoms. The summed E-state index contributed by atoms with van der Waals surface area (Å²) in [6, 6.07) is 6.46. The number of carbonyl (C=O) groups excluding carboxylic acids is 1. The van der Waals surface area contributed by atoms with Gasteiger partial charge in [-0.1, -0.05) is 55.9 Å². The second-order valence-electron chi connectivity index (χ2n) is 5.55. The van der Waals surface area contributed by atoms with E-state index in [1.807, 2.05) is 38.1 Å². The first-order valence-corrected chi connectivity index (χ1v) is 9.43. The van der Waals surface area contributed by atoms with Crippen molar-refractivity contribution in [2.45, 2.75) is 39.2 Å². The van der Waals surface area contributed by atoms with Crippen LogP contribution in [0.5, 0.6) is 5.75 Å². The van der Waals surface area contributed by atoms with Gasteiger partial charge in [-0.15, -0.1) is 0 Å². The predicted octanol–water partition coefficient (Wildman–Crippen LogP) is 3.93. The van der Waals surface area contributed by atoms with Crippen molar-refractivity contribution in [3.8, 4) is 5.75 Å². The van der Waals surface area contributed by atoms with E-state index in [0.717, 1.165) is 35.9 Å². The van der Waals surface area contributed by atoms with Crippen LogP contribution >= 0.6 is 24.0 Å². The monoisotopic (exact) mass is 379 g/mol. The molecule has 1 amide bonds. The molecule has 1 aliphatic rings. The Morgan fingerprint density at radius 1 is 1.36 bits per heavy atom. The Bertz CT molecular complexity index is 685. The Hall–Kier alpha value is -1.86. The van der Waals surface area contributed by atoms with Crippen LogP contribution in [0.3, 0.4) is 0 Å². The van der Waals surface area contributed by atoms with E-state index in [0.29, 0.717) is 22.3 Å². The van der Waals surface area contributed by atoms with Gasteiger partial charge < -0.3 is 9.84 Å². The topological polar surface area (TPSA) is 66.8 Å². The minimum atomic E-state index is -1.02. The molecule has 1 N–H and O–H groups in total. The van der Waals surface area contributed by atoms with Crippen molar-refractivity contribution in [3.63, 3.8) is 0 Å². The van der Waals surface area contributed by atoms with E-state index in [2.05, 4.69) is 0 Å². The molecule has 5 nitrogen and oxygen atoms in total. The maximum Gasteiger partial charge on any atom is 0.326 e. The number of ether oxygens (including phenoxy) is 1. The normalized spacial score (nSPS) is 17.2. The standard InChI is InChI=1S/C18H21NO4S2/c1-3-5-6-14(17(21)22)19-16(20)15(25-18(19)24)11-12-7-9-13(10-8-12)23-4-2/h7-11,14H,3-6H2,1-2H3,(H,21,22)/b15-11-. The average Bonchev–Trinajstić information content (AvgIpc) is 2.84. The quantitative estimate of drug-likeness (QED) is 0.545. The Morgan fingerprint density at radius 3 is 2.60 bits per heavy atom. The third-order valence-corrected chi connectivity index (χ3v) is 5.07. The lowest BCUT2D eigenvalue weighted by atomic mass is 10.1. The third-order valence-electron chi connectivity index (χ3n) is 3.74. The largest absolute Gasteiger partial charge is 0.494 e. The number of hydrogen-bond acceptors (Lipinski definition) is 5. The number of hydrogen-bond donors (Lipinski definition) is 1. The molecule has 1 aliphatic heterocycles. The van der Waals surface area contributed by atoms with E-state index in [1.54, 1.807) is 6.08 Å². The second-order valence-corrected chi connectivity index (χ2v) is 7.23.